The van der Waals surface area contributed by atoms with Gasteiger partial charge in [0.25, 0.3) is 0 Å². The summed E-state index contributed by atoms with van der Waals surface area (Å²) in [7, 11) is -2.09. The quantitative estimate of drug-likeness (QED) is 0.687. The maximum atomic E-state index is 13.4. The normalized spacial score (nSPS) is 20.5. The van der Waals surface area contributed by atoms with Gasteiger partial charge in [-0.25, -0.2) is 9.28 Å². The molecule has 1 N–H and O–H groups in total. The van der Waals surface area contributed by atoms with Gasteiger partial charge in [0.05, 0.1) is 12.3 Å². The zero-order valence-electron chi connectivity index (χ0n) is 7.41. The van der Waals surface area contributed by atoms with E-state index in [2.05, 4.69) is 0 Å². The van der Waals surface area contributed by atoms with E-state index >= 15 is 0 Å². The van der Waals surface area contributed by atoms with E-state index in [1.165, 1.54) is 6.07 Å². The fourth-order valence-electron chi connectivity index (χ4n) is 1.89. The molecule has 1 heterocycles. The van der Waals surface area contributed by atoms with Gasteiger partial charge >= 0.3 is 0 Å². The lowest BCUT2D eigenvalue weighted by molar-refractivity contribution is 0.604. The molecule has 0 aromatic heterocycles. The lowest BCUT2D eigenvalue weighted by Crippen LogP contribution is -2.16. The average Bonchev–Trinajstić information content (AvgIpc) is 2.54. The Labute approximate surface area is 78.0 Å². The van der Waals surface area contributed by atoms with Crippen molar-refractivity contribution < 1.29 is 9.28 Å². The lowest BCUT2D eigenvalue weighted by Gasteiger charge is -2.13. The van der Waals surface area contributed by atoms with Crippen LogP contribution in [0.25, 0.3) is 0 Å². The van der Waals surface area contributed by atoms with Crippen molar-refractivity contribution in [3.63, 3.8) is 0 Å². The number of halogens is 1. The van der Waals surface area contributed by atoms with Crippen LogP contribution in [0.5, 0.6) is 0 Å². The van der Waals surface area contributed by atoms with Crippen LogP contribution in [0, 0.1) is 5.82 Å². The van der Waals surface area contributed by atoms with Crippen molar-refractivity contribution in [1.82, 2.24) is 0 Å². The SMILES string of the molecule is O[P+]1(c2ccccc2F)CCCC1. The van der Waals surface area contributed by atoms with Crippen LogP contribution >= 0.6 is 7.49 Å². The van der Waals surface area contributed by atoms with Gasteiger partial charge in [0.1, 0.15) is 0 Å². The molecule has 0 saturated carbocycles. The molecule has 1 nitrogen and oxygen atoms in total. The van der Waals surface area contributed by atoms with Gasteiger partial charge in [0.15, 0.2) is 18.6 Å². The van der Waals surface area contributed by atoms with Crippen LogP contribution in [0.4, 0.5) is 4.39 Å². The standard InChI is InChI=1S/C10H13FOP/c11-9-5-1-2-6-10(9)13(12)7-3-4-8-13/h1-2,5-6,12H,3-4,7-8H2/q+1. The molecule has 0 amide bonds. The van der Waals surface area contributed by atoms with Crippen LogP contribution in [0.2, 0.25) is 0 Å². The first-order valence-corrected chi connectivity index (χ1v) is 6.68. The molecule has 0 radical (unpaired) electrons. The summed E-state index contributed by atoms with van der Waals surface area (Å²) >= 11 is 0. The Morgan fingerprint density at radius 3 is 2.38 bits per heavy atom. The van der Waals surface area contributed by atoms with Gasteiger partial charge in [-0.15, -0.1) is 0 Å². The molecule has 1 aromatic carbocycles. The van der Waals surface area contributed by atoms with E-state index in [0.717, 1.165) is 25.2 Å². The highest BCUT2D eigenvalue weighted by atomic mass is 31.2. The van der Waals surface area contributed by atoms with Crippen LogP contribution in [0.1, 0.15) is 12.8 Å². The van der Waals surface area contributed by atoms with Gasteiger partial charge in [-0.2, -0.15) is 0 Å². The van der Waals surface area contributed by atoms with E-state index in [1.807, 2.05) is 0 Å². The predicted octanol–water partition coefficient (Wildman–Crippen LogP) is 2.17. The van der Waals surface area contributed by atoms with Crippen LogP contribution in [0.15, 0.2) is 24.3 Å². The van der Waals surface area contributed by atoms with E-state index in [9.17, 15) is 9.28 Å². The van der Waals surface area contributed by atoms with Crippen LogP contribution < -0.4 is 5.30 Å². The molecular formula is C10H13FOP+. The zero-order chi connectivity index (χ0) is 9.31. The Hall–Kier alpha value is -0.460. The minimum atomic E-state index is -2.09. The zero-order valence-corrected chi connectivity index (χ0v) is 8.30. The summed E-state index contributed by atoms with van der Waals surface area (Å²) in [5.41, 5.74) is 0. The van der Waals surface area contributed by atoms with Crippen molar-refractivity contribution >= 4 is 12.8 Å². The van der Waals surface area contributed by atoms with Crippen molar-refractivity contribution in [2.45, 2.75) is 12.8 Å². The van der Waals surface area contributed by atoms with Crippen molar-refractivity contribution in [2.75, 3.05) is 12.3 Å². The smallest absolute Gasteiger partial charge is 0.177 e. The third kappa shape index (κ3) is 1.61. The molecule has 0 atom stereocenters. The first-order valence-electron chi connectivity index (χ1n) is 4.57. The molecule has 1 aromatic rings. The summed E-state index contributed by atoms with van der Waals surface area (Å²) in [5.74, 6) is -0.236. The fraction of sp³-hybridized carbons (Fsp3) is 0.400. The van der Waals surface area contributed by atoms with E-state index in [-0.39, 0.29) is 5.82 Å². The van der Waals surface area contributed by atoms with Gasteiger partial charge in [-0.05, 0) is 25.0 Å². The number of benzene rings is 1. The molecule has 1 aliphatic heterocycles. The molecule has 0 bridgehead atoms. The Kier molecular flexibility index (Phi) is 2.35. The van der Waals surface area contributed by atoms with Crippen molar-refractivity contribution in [3.8, 4) is 0 Å². The molecule has 70 valence electrons. The summed E-state index contributed by atoms with van der Waals surface area (Å²) in [6.07, 6.45) is 3.68. The number of rotatable bonds is 1. The molecule has 0 spiro atoms. The summed E-state index contributed by atoms with van der Waals surface area (Å²) in [6, 6.07) is 6.63. The van der Waals surface area contributed by atoms with Crippen molar-refractivity contribution in [2.24, 2.45) is 0 Å². The summed E-state index contributed by atoms with van der Waals surface area (Å²) < 4.78 is 13.4. The minimum Gasteiger partial charge on any atom is -0.246 e. The van der Waals surface area contributed by atoms with Gasteiger partial charge in [0.2, 0.25) is 0 Å². The Bertz CT molecular complexity index is 308. The molecule has 1 fully saturated rings. The highest BCUT2D eigenvalue weighted by Crippen LogP contribution is 2.59. The molecule has 0 aliphatic carbocycles. The first kappa shape index (κ1) is 9.11. The monoisotopic (exact) mass is 199 g/mol. The molecular weight excluding hydrogens is 186 g/mol. The lowest BCUT2D eigenvalue weighted by atomic mass is 10.3. The summed E-state index contributed by atoms with van der Waals surface area (Å²) in [5, 5.41) is 0.576. The topological polar surface area (TPSA) is 20.2 Å². The molecule has 3 heteroatoms. The van der Waals surface area contributed by atoms with E-state index in [1.54, 1.807) is 18.2 Å². The number of hydrogen-bond acceptors (Lipinski definition) is 1. The fourth-order valence-corrected chi connectivity index (χ4v) is 4.92. The third-order valence-corrected chi connectivity index (χ3v) is 5.98. The van der Waals surface area contributed by atoms with Gasteiger partial charge in [-0.3, -0.25) is 0 Å². The Morgan fingerprint density at radius 2 is 1.77 bits per heavy atom. The Balaban J connectivity index is 2.39. The second-order valence-electron chi connectivity index (χ2n) is 3.53. The highest BCUT2D eigenvalue weighted by Gasteiger charge is 2.43. The maximum Gasteiger partial charge on any atom is 0.177 e. The van der Waals surface area contributed by atoms with E-state index < -0.39 is 7.49 Å². The maximum absolute atomic E-state index is 13.4. The average molecular weight is 199 g/mol. The molecule has 1 saturated heterocycles. The van der Waals surface area contributed by atoms with E-state index in [4.69, 9.17) is 0 Å². The van der Waals surface area contributed by atoms with Gasteiger partial charge in [-0.1, -0.05) is 12.1 Å². The second-order valence-corrected chi connectivity index (χ2v) is 6.75. The van der Waals surface area contributed by atoms with Crippen molar-refractivity contribution in [1.29, 1.82) is 0 Å². The summed E-state index contributed by atoms with van der Waals surface area (Å²) in [4.78, 5) is 10.2. The van der Waals surface area contributed by atoms with Crippen LogP contribution in [-0.4, -0.2) is 17.2 Å². The van der Waals surface area contributed by atoms with Crippen LogP contribution in [-0.2, 0) is 0 Å². The Morgan fingerprint density at radius 1 is 1.15 bits per heavy atom. The van der Waals surface area contributed by atoms with Gasteiger partial charge in [0, 0.05) is 0 Å². The number of hydrogen-bond donors (Lipinski definition) is 1. The minimum absolute atomic E-state index is 0.236. The predicted molar refractivity (Wildman–Crippen MR) is 54.1 cm³/mol. The van der Waals surface area contributed by atoms with Crippen molar-refractivity contribution in [3.05, 3.63) is 30.1 Å². The molecule has 0 unspecified atom stereocenters. The third-order valence-electron chi connectivity index (χ3n) is 2.61. The van der Waals surface area contributed by atoms with E-state index in [0.29, 0.717) is 5.30 Å². The molecule has 13 heavy (non-hydrogen) atoms. The molecule has 2 rings (SSSR count). The highest BCUT2D eigenvalue weighted by molar-refractivity contribution is 7.78. The second kappa shape index (κ2) is 3.36. The largest absolute Gasteiger partial charge is 0.246 e. The first-order chi connectivity index (χ1) is 6.22. The van der Waals surface area contributed by atoms with Gasteiger partial charge < -0.3 is 0 Å². The van der Waals surface area contributed by atoms with Crippen LogP contribution in [0.3, 0.4) is 0 Å². The summed E-state index contributed by atoms with van der Waals surface area (Å²) in [6.45, 7) is 0. The molecule has 1 aliphatic rings.